The predicted octanol–water partition coefficient (Wildman–Crippen LogP) is 4.18. The third kappa shape index (κ3) is 5.06. The Labute approximate surface area is 179 Å². The van der Waals surface area contributed by atoms with E-state index >= 15 is 0 Å². The first-order valence-corrected chi connectivity index (χ1v) is 12.0. The molecule has 1 fully saturated rings. The molecule has 0 amide bonds. The lowest BCUT2D eigenvalue weighted by molar-refractivity contribution is 0.0475. The number of hydrogen-bond acceptors (Lipinski definition) is 6. The molecule has 0 atom stereocenters. The van der Waals surface area contributed by atoms with Crippen molar-refractivity contribution in [1.82, 2.24) is 4.31 Å². The van der Waals surface area contributed by atoms with E-state index in [1.165, 1.54) is 33.8 Å². The summed E-state index contributed by atoms with van der Waals surface area (Å²) in [6.07, 6.45) is 3.45. The molecule has 0 aliphatic carbocycles. The van der Waals surface area contributed by atoms with Crippen molar-refractivity contribution in [3.05, 3.63) is 50.7 Å². The van der Waals surface area contributed by atoms with Gasteiger partial charge in [0.05, 0.1) is 20.4 Å². The minimum atomic E-state index is -3.71. The normalized spacial score (nSPS) is 15.2. The Morgan fingerprint density at radius 1 is 1.14 bits per heavy atom. The smallest absolute Gasteiger partial charge is 0.340 e. The van der Waals surface area contributed by atoms with Gasteiger partial charge in [0.2, 0.25) is 15.8 Å². The van der Waals surface area contributed by atoms with Crippen LogP contribution in [0.3, 0.4) is 0 Å². The van der Waals surface area contributed by atoms with Gasteiger partial charge < -0.3 is 4.74 Å². The minimum absolute atomic E-state index is 0.00655. The van der Waals surface area contributed by atoms with Crippen LogP contribution in [0.25, 0.3) is 0 Å². The van der Waals surface area contributed by atoms with Gasteiger partial charge in [0.25, 0.3) is 0 Å². The summed E-state index contributed by atoms with van der Waals surface area (Å²) in [6, 6.07) is 7.54. The molecular formula is C20H22ClNO5S2. The van der Waals surface area contributed by atoms with Gasteiger partial charge in [0.1, 0.15) is 0 Å². The van der Waals surface area contributed by atoms with E-state index in [1.807, 2.05) is 13.0 Å². The number of halogens is 1. The number of piperidine rings is 1. The fourth-order valence-electron chi connectivity index (χ4n) is 3.07. The topological polar surface area (TPSA) is 80.8 Å². The molecule has 1 saturated heterocycles. The average Bonchev–Trinajstić information content (AvgIpc) is 3.22. The molecule has 2 heterocycles. The lowest BCUT2D eigenvalue weighted by atomic mass is 10.2. The van der Waals surface area contributed by atoms with Gasteiger partial charge in [0, 0.05) is 18.0 Å². The van der Waals surface area contributed by atoms with Gasteiger partial charge in [-0.3, -0.25) is 4.79 Å². The second kappa shape index (κ2) is 9.38. The fraction of sp³-hybridized carbons (Fsp3) is 0.400. The Morgan fingerprint density at radius 3 is 2.52 bits per heavy atom. The number of thiophene rings is 1. The molecule has 6 nitrogen and oxygen atoms in total. The summed E-state index contributed by atoms with van der Waals surface area (Å²) >= 11 is 7.45. The molecule has 0 bridgehead atoms. The molecular weight excluding hydrogens is 434 g/mol. The van der Waals surface area contributed by atoms with E-state index in [0.29, 0.717) is 18.0 Å². The molecule has 3 rings (SSSR count). The van der Waals surface area contributed by atoms with Crippen LogP contribution in [0.4, 0.5) is 0 Å². The standard InChI is InChI=1S/C20H22ClNO5S2/c1-2-14-6-9-19(28-14)18(23)13-27-20(24)16-12-15(7-8-17(16)21)29(25,26)22-10-4-3-5-11-22/h6-9,12H,2-5,10-11,13H2,1H3. The van der Waals surface area contributed by atoms with E-state index < -0.39 is 22.6 Å². The third-order valence-electron chi connectivity index (χ3n) is 4.73. The van der Waals surface area contributed by atoms with Gasteiger partial charge in [-0.05, 0) is 49.6 Å². The van der Waals surface area contributed by atoms with Crippen LogP contribution >= 0.6 is 22.9 Å². The van der Waals surface area contributed by atoms with Crippen molar-refractivity contribution in [3.63, 3.8) is 0 Å². The Hall–Kier alpha value is -1.74. The molecule has 0 radical (unpaired) electrons. The first-order chi connectivity index (χ1) is 13.8. The van der Waals surface area contributed by atoms with Crippen LogP contribution in [0.15, 0.2) is 35.2 Å². The van der Waals surface area contributed by atoms with Crippen molar-refractivity contribution in [2.24, 2.45) is 0 Å². The average molecular weight is 456 g/mol. The van der Waals surface area contributed by atoms with Gasteiger partial charge in [-0.1, -0.05) is 24.9 Å². The number of sulfonamides is 1. The molecule has 0 unspecified atom stereocenters. The van der Waals surface area contributed by atoms with Crippen LogP contribution in [-0.2, 0) is 21.2 Å². The molecule has 0 N–H and O–H groups in total. The van der Waals surface area contributed by atoms with Crippen molar-refractivity contribution < 1.29 is 22.7 Å². The van der Waals surface area contributed by atoms with Crippen LogP contribution < -0.4 is 0 Å². The highest BCUT2D eigenvalue weighted by molar-refractivity contribution is 7.89. The SMILES string of the molecule is CCc1ccc(C(=O)COC(=O)c2cc(S(=O)(=O)N3CCCCC3)ccc2Cl)s1. The van der Waals surface area contributed by atoms with E-state index in [9.17, 15) is 18.0 Å². The summed E-state index contributed by atoms with van der Waals surface area (Å²) in [5.41, 5.74) is -0.0713. The number of carbonyl (C=O) groups is 2. The number of ketones is 1. The lowest BCUT2D eigenvalue weighted by Crippen LogP contribution is -2.35. The quantitative estimate of drug-likeness (QED) is 0.462. The van der Waals surface area contributed by atoms with Crippen molar-refractivity contribution in [2.45, 2.75) is 37.5 Å². The Balaban J connectivity index is 1.73. The van der Waals surface area contributed by atoms with Gasteiger partial charge in [-0.15, -0.1) is 11.3 Å². The molecule has 1 aliphatic rings. The Bertz CT molecular complexity index is 1010. The largest absolute Gasteiger partial charge is 0.454 e. The fourth-order valence-corrected chi connectivity index (χ4v) is 5.68. The highest BCUT2D eigenvalue weighted by Crippen LogP contribution is 2.26. The summed E-state index contributed by atoms with van der Waals surface area (Å²) in [5.74, 6) is -1.14. The number of aryl methyl sites for hydroxylation is 1. The zero-order valence-electron chi connectivity index (χ0n) is 16.0. The zero-order chi connectivity index (χ0) is 21.0. The minimum Gasteiger partial charge on any atom is -0.454 e. The molecule has 1 aliphatic heterocycles. The van der Waals surface area contributed by atoms with Crippen LogP contribution in [0, 0.1) is 0 Å². The maximum absolute atomic E-state index is 12.8. The third-order valence-corrected chi connectivity index (χ3v) is 8.22. The molecule has 2 aromatic rings. The van der Waals surface area contributed by atoms with Crippen LogP contribution in [0.5, 0.6) is 0 Å². The number of esters is 1. The first kappa shape index (κ1) is 22.0. The maximum atomic E-state index is 12.8. The van der Waals surface area contributed by atoms with E-state index in [4.69, 9.17) is 16.3 Å². The highest BCUT2D eigenvalue weighted by Gasteiger charge is 2.27. The second-order valence-electron chi connectivity index (χ2n) is 6.73. The first-order valence-electron chi connectivity index (χ1n) is 9.41. The van der Waals surface area contributed by atoms with E-state index in [2.05, 4.69) is 0 Å². The molecule has 0 spiro atoms. The molecule has 0 saturated carbocycles. The van der Waals surface area contributed by atoms with Crippen molar-refractivity contribution in [2.75, 3.05) is 19.7 Å². The van der Waals surface area contributed by atoms with Crippen molar-refractivity contribution in [1.29, 1.82) is 0 Å². The monoisotopic (exact) mass is 455 g/mol. The summed E-state index contributed by atoms with van der Waals surface area (Å²) in [7, 11) is -3.71. The van der Waals surface area contributed by atoms with Gasteiger partial charge in [-0.2, -0.15) is 4.31 Å². The Kier molecular flexibility index (Phi) is 7.10. The molecule has 1 aromatic heterocycles. The van der Waals surface area contributed by atoms with E-state index in [0.717, 1.165) is 30.6 Å². The van der Waals surface area contributed by atoms with Gasteiger partial charge in [0.15, 0.2) is 6.61 Å². The molecule has 9 heteroatoms. The van der Waals surface area contributed by atoms with E-state index in [-0.39, 0.29) is 21.3 Å². The maximum Gasteiger partial charge on any atom is 0.340 e. The van der Waals surface area contributed by atoms with Crippen LogP contribution in [-0.4, -0.2) is 44.2 Å². The van der Waals surface area contributed by atoms with Gasteiger partial charge in [-0.25, -0.2) is 13.2 Å². The predicted molar refractivity (Wildman–Crippen MR) is 112 cm³/mol. The number of rotatable bonds is 7. The van der Waals surface area contributed by atoms with Crippen molar-refractivity contribution in [3.8, 4) is 0 Å². The highest BCUT2D eigenvalue weighted by atomic mass is 35.5. The number of ether oxygens (including phenoxy) is 1. The Morgan fingerprint density at radius 2 is 1.86 bits per heavy atom. The number of hydrogen-bond donors (Lipinski definition) is 0. The zero-order valence-corrected chi connectivity index (χ0v) is 18.4. The summed E-state index contributed by atoms with van der Waals surface area (Å²) in [4.78, 5) is 26.3. The number of nitrogens with zero attached hydrogens (tertiary/aromatic N) is 1. The van der Waals surface area contributed by atoms with E-state index in [1.54, 1.807) is 6.07 Å². The number of benzene rings is 1. The van der Waals surface area contributed by atoms with Crippen LogP contribution in [0.1, 0.15) is 51.1 Å². The second-order valence-corrected chi connectivity index (χ2v) is 10.2. The summed E-state index contributed by atoms with van der Waals surface area (Å²) in [5, 5.41) is 0.0736. The van der Waals surface area contributed by atoms with Crippen molar-refractivity contribution >= 4 is 44.7 Å². The molecule has 156 valence electrons. The lowest BCUT2D eigenvalue weighted by Gasteiger charge is -2.26. The summed E-state index contributed by atoms with van der Waals surface area (Å²) in [6.45, 7) is 2.48. The molecule has 1 aromatic carbocycles. The van der Waals surface area contributed by atoms with Crippen LogP contribution in [0.2, 0.25) is 5.02 Å². The summed E-state index contributed by atoms with van der Waals surface area (Å²) < 4.78 is 32.2. The van der Waals surface area contributed by atoms with Gasteiger partial charge >= 0.3 is 5.97 Å². The number of Topliss-reactive ketones (excluding diaryl/α,β-unsaturated/α-hetero) is 1. The molecule has 29 heavy (non-hydrogen) atoms. The number of carbonyl (C=O) groups excluding carboxylic acids is 2.